The summed E-state index contributed by atoms with van der Waals surface area (Å²) >= 11 is 0. The van der Waals surface area contributed by atoms with Crippen molar-refractivity contribution in [1.82, 2.24) is 0 Å². The van der Waals surface area contributed by atoms with E-state index in [9.17, 15) is 19.0 Å². The molecule has 9 nitrogen and oxygen atoms in total. The van der Waals surface area contributed by atoms with Crippen molar-refractivity contribution < 1.29 is 42.1 Å². The molecule has 0 bridgehead atoms. The average molecular weight is 670 g/mol. The first-order chi connectivity index (χ1) is 22.0. The molecule has 0 fully saturated rings. The highest BCUT2D eigenvalue weighted by Gasteiger charge is 2.21. The lowest BCUT2D eigenvalue weighted by Crippen LogP contribution is -2.37. The summed E-state index contributed by atoms with van der Waals surface area (Å²) in [6, 6.07) is 0. The highest BCUT2D eigenvalue weighted by atomic mass is 31.2. The van der Waals surface area contributed by atoms with Crippen molar-refractivity contribution in [1.29, 1.82) is 0 Å². The van der Waals surface area contributed by atoms with Crippen LogP contribution in [-0.4, -0.2) is 70.0 Å². The van der Waals surface area contributed by atoms with Gasteiger partial charge in [0, 0.05) is 12.8 Å². The molecule has 0 spiro atoms. The number of carbonyl (C=O) groups is 2. The number of hydrogen-bond donors (Lipinski definition) is 0. The van der Waals surface area contributed by atoms with E-state index in [1.807, 2.05) is 21.1 Å². The zero-order valence-electron chi connectivity index (χ0n) is 29.5. The number of ether oxygens (including phenoxy) is 2. The molecular weight excluding hydrogens is 605 g/mol. The molecule has 0 N–H and O–H groups in total. The lowest BCUT2D eigenvalue weighted by Gasteiger charge is -2.28. The second-order valence-corrected chi connectivity index (χ2v) is 13.9. The Morgan fingerprint density at radius 3 is 1.83 bits per heavy atom. The minimum atomic E-state index is -4.61. The highest BCUT2D eigenvalue weighted by molar-refractivity contribution is 7.45. The summed E-state index contributed by atoms with van der Waals surface area (Å²) in [7, 11) is 1.14. The van der Waals surface area contributed by atoms with E-state index in [0.717, 1.165) is 83.5 Å². The van der Waals surface area contributed by atoms with E-state index in [-0.39, 0.29) is 26.1 Å². The van der Waals surface area contributed by atoms with Crippen molar-refractivity contribution >= 4 is 19.8 Å². The van der Waals surface area contributed by atoms with Gasteiger partial charge < -0.3 is 27.9 Å². The minimum absolute atomic E-state index is 0.0377. The van der Waals surface area contributed by atoms with Crippen LogP contribution in [0.5, 0.6) is 0 Å². The summed E-state index contributed by atoms with van der Waals surface area (Å²) in [6.45, 7) is 3.94. The molecule has 0 aromatic carbocycles. The zero-order valence-corrected chi connectivity index (χ0v) is 30.4. The number of phosphoric ester groups is 1. The number of allylic oxidation sites excluding steroid dienone is 8. The number of nitrogens with zero attached hydrogens (tertiary/aromatic N) is 1. The summed E-state index contributed by atoms with van der Waals surface area (Å²) in [5, 5.41) is 0. The molecule has 46 heavy (non-hydrogen) atoms. The van der Waals surface area contributed by atoms with Gasteiger partial charge in [-0.05, 0) is 51.4 Å². The Morgan fingerprint density at radius 1 is 0.696 bits per heavy atom. The van der Waals surface area contributed by atoms with Crippen molar-refractivity contribution in [2.24, 2.45) is 0 Å². The predicted octanol–water partition coefficient (Wildman–Crippen LogP) is 8.16. The van der Waals surface area contributed by atoms with E-state index in [1.54, 1.807) is 0 Å². The molecular formula is C36H64NO8P. The van der Waals surface area contributed by atoms with Gasteiger partial charge in [0.2, 0.25) is 0 Å². The van der Waals surface area contributed by atoms with E-state index in [1.165, 1.54) is 0 Å². The number of rotatable bonds is 30. The third kappa shape index (κ3) is 31.9. The topological polar surface area (TPSA) is 111 Å². The number of esters is 2. The average Bonchev–Trinajstić information content (AvgIpc) is 2.99. The Kier molecular flexibility index (Phi) is 27.8. The van der Waals surface area contributed by atoms with Crippen LogP contribution in [0.3, 0.4) is 0 Å². The minimum Gasteiger partial charge on any atom is -0.756 e. The van der Waals surface area contributed by atoms with E-state index in [4.69, 9.17) is 18.5 Å². The molecule has 0 aliphatic heterocycles. The maximum absolute atomic E-state index is 12.5. The van der Waals surface area contributed by atoms with Crippen molar-refractivity contribution in [3.05, 3.63) is 48.6 Å². The molecule has 0 aliphatic carbocycles. The molecule has 0 heterocycles. The molecule has 266 valence electrons. The number of unbranched alkanes of at least 4 members (excludes halogenated alkanes) is 8. The first-order valence-electron chi connectivity index (χ1n) is 17.3. The third-order valence-electron chi connectivity index (χ3n) is 6.86. The van der Waals surface area contributed by atoms with Crippen LogP contribution in [0.1, 0.15) is 117 Å². The quantitative estimate of drug-likeness (QED) is 0.0248. The fourth-order valence-electron chi connectivity index (χ4n) is 4.11. The monoisotopic (exact) mass is 669 g/mol. The van der Waals surface area contributed by atoms with Crippen LogP contribution in [0.15, 0.2) is 48.6 Å². The molecule has 0 amide bonds. The van der Waals surface area contributed by atoms with Gasteiger partial charge in [0.05, 0.1) is 27.7 Å². The van der Waals surface area contributed by atoms with Gasteiger partial charge in [-0.2, -0.15) is 0 Å². The summed E-state index contributed by atoms with van der Waals surface area (Å²) in [5.74, 6) is -0.884. The number of quaternary nitrogens is 1. The van der Waals surface area contributed by atoms with Crippen LogP contribution in [0.25, 0.3) is 0 Å². The van der Waals surface area contributed by atoms with Gasteiger partial charge in [-0.15, -0.1) is 0 Å². The third-order valence-corrected chi connectivity index (χ3v) is 7.83. The fourth-order valence-corrected chi connectivity index (χ4v) is 4.84. The molecule has 0 aromatic heterocycles. The van der Waals surface area contributed by atoms with Crippen LogP contribution in [0.2, 0.25) is 0 Å². The fraction of sp³-hybridized carbons (Fsp3) is 0.722. The number of carbonyl (C=O) groups excluding carboxylic acids is 2. The van der Waals surface area contributed by atoms with E-state index < -0.39 is 32.5 Å². The molecule has 0 aromatic rings. The van der Waals surface area contributed by atoms with Gasteiger partial charge in [0.15, 0.2) is 6.10 Å². The van der Waals surface area contributed by atoms with Crippen LogP contribution >= 0.6 is 7.82 Å². The normalized spacial score (nSPS) is 14.5. The predicted molar refractivity (Wildman–Crippen MR) is 185 cm³/mol. The largest absolute Gasteiger partial charge is 0.756 e. The molecule has 0 rings (SSSR count). The number of hydrogen-bond acceptors (Lipinski definition) is 8. The Hall–Kier alpha value is -2.03. The van der Waals surface area contributed by atoms with Crippen LogP contribution in [-0.2, 0) is 32.7 Å². The second-order valence-electron chi connectivity index (χ2n) is 12.5. The van der Waals surface area contributed by atoms with E-state index in [0.29, 0.717) is 17.4 Å². The van der Waals surface area contributed by atoms with Gasteiger partial charge in [-0.25, -0.2) is 0 Å². The van der Waals surface area contributed by atoms with Gasteiger partial charge in [0.25, 0.3) is 7.82 Å². The Balaban J connectivity index is 4.43. The molecule has 2 atom stereocenters. The van der Waals surface area contributed by atoms with E-state index in [2.05, 4.69) is 62.5 Å². The summed E-state index contributed by atoms with van der Waals surface area (Å²) in [4.78, 5) is 36.9. The standard InChI is InChI=1S/C36H64NO8P/c1-6-8-10-12-13-14-15-16-17-18-19-20-21-22-23-25-27-29-36(39)45-34(32-42-35(38)28-26-24-11-9-7-2)33-44-46(40,41)43-31-30-37(3,4)5/h8,10,13-14,16-17,19-20,34H,6-7,9,11-12,15,18,21-33H2,1-5H3/b10-8-,14-13-,17-16-,20-19-. The van der Waals surface area contributed by atoms with Crippen LogP contribution < -0.4 is 4.89 Å². The lowest BCUT2D eigenvalue weighted by molar-refractivity contribution is -0.870. The van der Waals surface area contributed by atoms with Gasteiger partial charge in [0.1, 0.15) is 19.8 Å². The van der Waals surface area contributed by atoms with Gasteiger partial charge in [-0.1, -0.05) is 101 Å². The summed E-state index contributed by atoms with van der Waals surface area (Å²) in [5.41, 5.74) is 0. The van der Waals surface area contributed by atoms with Crippen molar-refractivity contribution in [2.45, 2.75) is 123 Å². The smallest absolute Gasteiger partial charge is 0.306 e. The maximum Gasteiger partial charge on any atom is 0.306 e. The van der Waals surface area contributed by atoms with E-state index >= 15 is 0 Å². The van der Waals surface area contributed by atoms with Gasteiger partial charge >= 0.3 is 11.9 Å². The van der Waals surface area contributed by atoms with Crippen molar-refractivity contribution in [3.8, 4) is 0 Å². The zero-order chi connectivity index (χ0) is 34.4. The van der Waals surface area contributed by atoms with Crippen LogP contribution in [0.4, 0.5) is 0 Å². The Morgan fingerprint density at radius 2 is 1.24 bits per heavy atom. The lowest BCUT2D eigenvalue weighted by atomic mass is 10.1. The maximum atomic E-state index is 12.5. The second kappa shape index (κ2) is 29.1. The number of phosphoric acid groups is 1. The highest BCUT2D eigenvalue weighted by Crippen LogP contribution is 2.38. The molecule has 0 saturated carbocycles. The molecule has 0 aliphatic rings. The van der Waals surface area contributed by atoms with Crippen molar-refractivity contribution in [2.75, 3.05) is 47.5 Å². The summed E-state index contributed by atoms with van der Waals surface area (Å²) in [6.07, 6.45) is 30.4. The van der Waals surface area contributed by atoms with Gasteiger partial charge in [-0.3, -0.25) is 14.2 Å². The number of likely N-dealkylation sites (N-methyl/N-ethyl adjacent to an activating group) is 1. The molecule has 0 saturated heterocycles. The van der Waals surface area contributed by atoms with Crippen LogP contribution in [0, 0.1) is 0 Å². The summed E-state index contributed by atoms with van der Waals surface area (Å²) < 4.78 is 33.4. The molecule has 0 radical (unpaired) electrons. The Labute approximate surface area is 280 Å². The molecule has 2 unspecified atom stereocenters. The first-order valence-corrected chi connectivity index (χ1v) is 18.8. The SMILES string of the molecule is CC/C=C\C/C=C\C/C=C\C/C=C\CCCCCCC(=O)OC(COC(=O)CCCCCCC)COP(=O)([O-])OCC[N+](C)(C)C. The molecule has 10 heteroatoms. The Bertz CT molecular complexity index is 939. The van der Waals surface area contributed by atoms with Crippen molar-refractivity contribution in [3.63, 3.8) is 0 Å². The first kappa shape index (κ1) is 44.0.